The highest BCUT2D eigenvalue weighted by Crippen LogP contribution is 2.32. The molecular weight excluding hydrogens is 398 g/mol. The smallest absolute Gasteiger partial charge is 0.340 e. The van der Waals surface area contributed by atoms with Gasteiger partial charge in [0.2, 0.25) is 0 Å². The molecule has 0 spiro atoms. The second-order valence-corrected chi connectivity index (χ2v) is 8.38. The lowest BCUT2D eigenvalue weighted by Gasteiger charge is -2.20. The van der Waals surface area contributed by atoms with Gasteiger partial charge in [0.1, 0.15) is 5.58 Å². The summed E-state index contributed by atoms with van der Waals surface area (Å²) in [6.07, 6.45) is 0. The highest BCUT2D eigenvalue weighted by atomic mass is 32.2. The number of anilines is 1. The van der Waals surface area contributed by atoms with E-state index in [1.54, 1.807) is 19.1 Å². The molecule has 1 unspecified atom stereocenters. The molecule has 1 atom stereocenters. The molecule has 6 heteroatoms. The fourth-order valence-corrected chi connectivity index (χ4v) is 4.16. The Labute approximate surface area is 180 Å². The van der Waals surface area contributed by atoms with Crippen LogP contribution in [0.4, 0.5) is 5.69 Å². The van der Waals surface area contributed by atoms with Gasteiger partial charge in [-0.3, -0.25) is 4.79 Å². The van der Waals surface area contributed by atoms with E-state index in [9.17, 15) is 9.59 Å². The van der Waals surface area contributed by atoms with Crippen molar-refractivity contribution in [2.75, 3.05) is 17.7 Å². The number of carbonyl (C=O) groups is 1. The van der Waals surface area contributed by atoms with Gasteiger partial charge < -0.3 is 14.5 Å². The number of thioether (sulfide) groups is 1. The van der Waals surface area contributed by atoms with Crippen LogP contribution in [0, 0.1) is 13.8 Å². The monoisotopic (exact) mass is 425 g/mol. The zero-order chi connectivity index (χ0) is 21.8. The third kappa shape index (κ3) is 4.38. The molecule has 0 aliphatic heterocycles. The Morgan fingerprint density at radius 2 is 1.93 bits per heavy atom. The Balaban J connectivity index is 2.09. The molecule has 0 saturated heterocycles. The van der Waals surface area contributed by atoms with Gasteiger partial charge in [-0.15, -0.1) is 0 Å². The predicted octanol–water partition coefficient (Wildman–Crippen LogP) is 5.87. The van der Waals surface area contributed by atoms with Gasteiger partial charge in [0, 0.05) is 16.8 Å². The van der Waals surface area contributed by atoms with Crippen molar-refractivity contribution in [3.8, 4) is 0 Å². The van der Waals surface area contributed by atoms with Crippen molar-refractivity contribution in [2.45, 2.75) is 45.8 Å². The van der Waals surface area contributed by atoms with E-state index in [1.165, 1.54) is 11.8 Å². The first-order valence-corrected chi connectivity index (χ1v) is 11.1. The van der Waals surface area contributed by atoms with Gasteiger partial charge in [0.05, 0.1) is 23.6 Å². The van der Waals surface area contributed by atoms with E-state index in [2.05, 4.69) is 5.32 Å². The maximum Gasteiger partial charge on any atom is 0.340 e. The van der Waals surface area contributed by atoms with Crippen LogP contribution in [0.5, 0.6) is 0 Å². The molecule has 158 valence electrons. The molecule has 1 heterocycles. The molecule has 1 N–H and O–H groups in total. The van der Waals surface area contributed by atoms with E-state index in [4.69, 9.17) is 9.15 Å². The summed E-state index contributed by atoms with van der Waals surface area (Å²) in [7, 11) is 0. The molecule has 1 aromatic heterocycles. The van der Waals surface area contributed by atoms with Crippen molar-refractivity contribution in [2.24, 2.45) is 0 Å². The number of carbonyl (C=O) groups excluding carboxylic acids is 1. The van der Waals surface area contributed by atoms with Crippen LogP contribution in [-0.4, -0.2) is 18.3 Å². The van der Waals surface area contributed by atoms with Gasteiger partial charge in [-0.05, 0) is 57.2 Å². The molecule has 0 bridgehead atoms. The number of fused-ring (bicyclic) bond motifs is 1. The molecule has 30 heavy (non-hydrogen) atoms. The van der Waals surface area contributed by atoms with E-state index in [0.717, 1.165) is 16.9 Å². The normalized spacial score (nSPS) is 12.0. The Morgan fingerprint density at radius 1 is 1.20 bits per heavy atom. The molecule has 3 rings (SSSR count). The number of rotatable bonds is 7. The minimum absolute atomic E-state index is 0.00345. The van der Waals surface area contributed by atoms with Crippen LogP contribution in [0.1, 0.15) is 53.9 Å². The van der Waals surface area contributed by atoms with Gasteiger partial charge in [0.25, 0.3) is 0 Å². The second kappa shape index (κ2) is 9.39. The molecule has 0 aliphatic rings. The molecule has 0 radical (unpaired) electrons. The average Bonchev–Trinajstić information content (AvgIpc) is 2.72. The average molecular weight is 426 g/mol. The lowest BCUT2D eigenvalue weighted by atomic mass is 10.00. The molecule has 0 fully saturated rings. The van der Waals surface area contributed by atoms with E-state index in [-0.39, 0.29) is 17.4 Å². The molecule has 0 saturated carbocycles. The summed E-state index contributed by atoms with van der Waals surface area (Å²) in [5.74, 6) is 0.447. The first-order chi connectivity index (χ1) is 14.4. The van der Waals surface area contributed by atoms with Gasteiger partial charge in [-0.2, -0.15) is 0 Å². The van der Waals surface area contributed by atoms with Crippen LogP contribution in [-0.2, 0) is 4.74 Å². The molecule has 3 aromatic rings. The van der Waals surface area contributed by atoms with Gasteiger partial charge >= 0.3 is 5.97 Å². The first-order valence-electron chi connectivity index (χ1n) is 10.1. The number of hydrogen-bond acceptors (Lipinski definition) is 6. The number of nitrogens with one attached hydrogen (secondary N) is 1. The Morgan fingerprint density at radius 3 is 2.63 bits per heavy atom. The predicted molar refractivity (Wildman–Crippen MR) is 123 cm³/mol. The maximum absolute atomic E-state index is 13.0. The van der Waals surface area contributed by atoms with Crippen molar-refractivity contribution < 1.29 is 13.9 Å². The minimum atomic E-state index is -0.370. The fourth-order valence-electron chi connectivity index (χ4n) is 3.45. The van der Waals surface area contributed by atoms with Crippen LogP contribution in [0.25, 0.3) is 11.0 Å². The van der Waals surface area contributed by atoms with Crippen LogP contribution in [0.2, 0.25) is 0 Å². The second-order valence-electron chi connectivity index (χ2n) is 7.14. The third-order valence-corrected chi connectivity index (χ3v) is 5.82. The minimum Gasteiger partial charge on any atom is -0.462 e. The number of aryl methyl sites for hydroxylation is 1. The van der Waals surface area contributed by atoms with Gasteiger partial charge in [-0.1, -0.05) is 36.9 Å². The zero-order valence-electron chi connectivity index (χ0n) is 18.0. The lowest BCUT2D eigenvalue weighted by molar-refractivity contribution is 0.0527. The van der Waals surface area contributed by atoms with E-state index < -0.39 is 0 Å². The summed E-state index contributed by atoms with van der Waals surface area (Å²) in [5.41, 5.74) is 4.22. The van der Waals surface area contributed by atoms with Crippen molar-refractivity contribution in [1.29, 1.82) is 0 Å². The summed E-state index contributed by atoms with van der Waals surface area (Å²) in [5, 5.41) is 4.63. The summed E-state index contributed by atoms with van der Waals surface area (Å²) in [4.78, 5) is 25.3. The molecular formula is C24H27NO4S. The number of para-hydroxylation sites is 1. The SMILES string of the molecule is CCOC(=O)c1ccccc1NC(C)c1cc(C)cc2c(=O)c(C)c(SCC)oc12. The number of hydrogen-bond donors (Lipinski definition) is 1. The van der Waals surface area contributed by atoms with Crippen molar-refractivity contribution in [1.82, 2.24) is 0 Å². The van der Waals surface area contributed by atoms with Crippen molar-refractivity contribution in [3.05, 3.63) is 68.9 Å². The van der Waals surface area contributed by atoms with Crippen molar-refractivity contribution >= 4 is 34.4 Å². The highest BCUT2D eigenvalue weighted by molar-refractivity contribution is 7.99. The number of benzene rings is 2. The van der Waals surface area contributed by atoms with Gasteiger partial charge in [0.15, 0.2) is 10.5 Å². The quantitative estimate of drug-likeness (QED) is 0.377. The fraction of sp³-hybridized carbons (Fsp3) is 0.333. The number of ether oxygens (including phenoxy) is 1. The Bertz CT molecular complexity index is 1140. The Hall–Kier alpha value is -2.73. The summed E-state index contributed by atoms with van der Waals surface area (Å²) in [6, 6.07) is 10.9. The Kier molecular flexibility index (Phi) is 6.87. The summed E-state index contributed by atoms with van der Waals surface area (Å²) in [6.45, 7) is 9.89. The molecule has 2 aromatic carbocycles. The molecule has 5 nitrogen and oxygen atoms in total. The zero-order valence-corrected chi connectivity index (χ0v) is 18.8. The lowest BCUT2D eigenvalue weighted by Crippen LogP contribution is -2.14. The largest absolute Gasteiger partial charge is 0.462 e. The van der Waals surface area contributed by atoms with Crippen LogP contribution in [0.15, 0.2) is 50.7 Å². The van der Waals surface area contributed by atoms with Crippen molar-refractivity contribution in [3.63, 3.8) is 0 Å². The van der Waals surface area contributed by atoms with Crippen LogP contribution >= 0.6 is 11.8 Å². The van der Waals surface area contributed by atoms with Crippen LogP contribution < -0.4 is 10.7 Å². The highest BCUT2D eigenvalue weighted by Gasteiger charge is 2.20. The summed E-state index contributed by atoms with van der Waals surface area (Å²) < 4.78 is 11.4. The topological polar surface area (TPSA) is 68.5 Å². The summed E-state index contributed by atoms with van der Waals surface area (Å²) >= 11 is 1.52. The maximum atomic E-state index is 13.0. The van der Waals surface area contributed by atoms with Crippen LogP contribution in [0.3, 0.4) is 0 Å². The number of esters is 1. The van der Waals surface area contributed by atoms with E-state index in [1.807, 2.05) is 52.0 Å². The van der Waals surface area contributed by atoms with Gasteiger partial charge in [-0.25, -0.2) is 4.79 Å². The van der Waals surface area contributed by atoms with E-state index in [0.29, 0.717) is 39.5 Å². The van der Waals surface area contributed by atoms with E-state index >= 15 is 0 Å². The standard InChI is InChI=1S/C24H27NO4S/c1-6-28-23(27)17-10-8-9-11-20(17)25-16(5)18-12-14(3)13-19-21(26)15(4)24(30-7-2)29-22(18)19/h8-13,16,25H,6-7H2,1-5H3. The third-order valence-electron chi connectivity index (χ3n) is 4.88. The first kappa shape index (κ1) is 22.0. The molecule has 0 amide bonds. The molecule has 0 aliphatic carbocycles.